The van der Waals surface area contributed by atoms with Crippen molar-refractivity contribution in [3.8, 4) is 0 Å². The van der Waals surface area contributed by atoms with Gasteiger partial charge in [-0.2, -0.15) is 0 Å². The van der Waals surface area contributed by atoms with Crippen LogP contribution in [0, 0.1) is 14.4 Å². The summed E-state index contributed by atoms with van der Waals surface area (Å²) in [5.74, 6) is 0. The van der Waals surface area contributed by atoms with E-state index in [0.717, 1.165) is 26.1 Å². The average Bonchev–Trinajstić information content (AvgIpc) is 1.90. The molecule has 1 rings (SSSR count). The molecule has 0 atom stereocenters. The summed E-state index contributed by atoms with van der Waals surface area (Å²) in [5, 5.41) is 0. The molecule has 0 aromatic heterocycles. The zero-order valence-electron chi connectivity index (χ0n) is 6.64. The molecular formula is C7H14MgO2. The molecule has 0 aromatic rings. The summed E-state index contributed by atoms with van der Waals surface area (Å²) in [4.78, 5) is 0. The predicted molar refractivity (Wildman–Crippen MR) is 42.5 cm³/mol. The Morgan fingerprint density at radius 3 is 2.10 bits per heavy atom. The maximum Gasteiger partial charge on any atom is 2.00 e. The summed E-state index contributed by atoms with van der Waals surface area (Å²) >= 11 is 0. The monoisotopic (exact) mass is 154 g/mol. The second-order valence-corrected chi connectivity index (χ2v) is 1.81. The van der Waals surface area contributed by atoms with Crippen molar-refractivity contribution < 1.29 is 9.47 Å². The minimum absolute atomic E-state index is 0. The smallest absolute Gasteiger partial charge is 0.358 e. The van der Waals surface area contributed by atoms with Gasteiger partial charge in [0.2, 0.25) is 0 Å². The summed E-state index contributed by atoms with van der Waals surface area (Å²) in [7, 11) is 0. The topological polar surface area (TPSA) is 18.5 Å². The van der Waals surface area contributed by atoms with Crippen LogP contribution in [0.4, 0.5) is 0 Å². The molecule has 2 nitrogen and oxygen atoms in total. The quantitative estimate of drug-likeness (QED) is 0.415. The molecule has 0 unspecified atom stereocenters. The number of hydrogen-bond acceptors (Lipinski definition) is 2. The Bertz CT molecular complexity index is 62.6. The molecule has 0 bridgehead atoms. The van der Waals surface area contributed by atoms with Crippen LogP contribution in [0.25, 0.3) is 0 Å². The molecule has 56 valence electrons. The zero-order valence-corrected chi connectivity index (χ0v) is 8.05. The van der Waals surface area contributed by atoms with Crippen LogP contribution in [0.5, 0.6) is 0 Å². The van der Waals surface area contributed by atoms with E-state index in [2.05, 4.69) is 6.92 Å². The second kappa shape index (κ2) is 7.79. The Balaban J connectivity index is 0. The fourth-order valence-corrected chi connectivity index (χ4v) is 0.703. The van der Waals surface area contributed by atoms with E-state index in [-0.39, 0.29) is 36.8 Å². The summed E-state index contributed by atoms with van der Waals surface area (Å²) in [6, 6.07) is 0. The Kier molecular flexibility index (Phi) is 10.4. The first-order valence-electron chi connectivity index (χ1n) is 2.96. The molecule has 3 heteroatoms. The molecule has 0 aromatic carbocycles. The van der Waals surface area contributed by atoms with E-state index in [1.54, 1.807) is 0 Å². The van der Waals surface area contributed by atoms with E-state index in [1.807, 2.05) is 0 Å². The standard InChI is InChI=1S/C6H11O2.CH3.Mg/c1-2-6-7-4-3-5-8-6;;/h6H,1-5H2;1H3;/q2*-1;+2. The van der Waals surface area contributed by atoms with Crippen LogP contribution in [-0.2, 0) is 9.47 Å². The molecule has 0 N–H and O–H groups in total. The molecule has 1 aliphatic rings. The minimum Gasteiger partial charge on any atom is -0.358 e. The average molecular weight is 154 g/mol. The van der Waals surface area contributed by atoms with Crippen LogP contribution < -0.4 is 0 Å². The molecule has 1 fully saturated rings. The van der Waals surface area contributed by atoms with Crippen molar-refractivity contribution in [1.29, 1.82) is 0 Å². The third-order valence-corrected chi connectivity index (χ3v) is 1.13. The minimum atomic E-state index is -0.0243. The first kappa shape index (κ1) is 13.3. The van der Waals surface area contributed by atoms with E-state index in [1.165, 1.54) is 0 Å². The van der Waals surface area contributed by atoms with Gasteiger partial charge in [-0.25, -0.2) is 0 Å². The maximum atomic E-state index is 5.14. The van der Waals surface area contributed by atoms with Crippen molar-refractivity contribution >= 4 is 23.1 Å². The van der Waals surface area contributed by atoms with E-state index < -0.39 is 0 Å². The van der Waals surface area contributed by atoms with Crippen molar-refractivity contribution in [1.82, 2.24) is 0 Å². The first-order valence-corrected chi connectivity index (χ1v) is 2.96. The molecule has 0 spiro atoms. The molecule has 1 aliphatic heterocycles. The zero-order chi connectivity index (χ0) is 5.82. The summed E-state index contributed by atoms with van der Waals surface area (Å²) in [5.41, 5.74) is 0. The van der Waals surface area contributed by atoms with Crippen LogP contribution in [0.3, 0.4) is 0 Å². The van der Waals surface area contributed by atoms with Gasteiger partial charge in [0, 0.05) is 0 Å². The van der Waals surface area contributed by atoms with Gasteiger partial charge in [0.1, 0.15) is 6.29 Å². The van der Waals surface area contributed by atoms with Crippen LogP contribution >= 0.6 is 0 Å². The molecule has 1 saturated heterocycles. The van der Waals surface area contributed by atoms with Gasteiger partial charge in [0.05, 0.1) is 13.2 Å². The Labute approximate surface area is 79.4 Å². The maximum absolute atomic E-state index is 5.14. The van der Waals surface area contributed by atoms with Gasteiger partial charge < -0.3 is 23.8 Å². The number of rotatable bonds is 1. The normalized spacial score (nSPS) is 18.9. The summed E-state index contributed by atoms with van der Waals surface area (Å²) in [6.07, 6.45) is 1.72. The summed E-state index contributed by atoms with van der Waals surface area (Å²) in [6.45, 7) is 5.33. The molecule has 0 radical (unpaired) electrons. The molecule has 0 amide bonds. The van der Waals surface area contributed by atoms with Gasteiger partial charge in [-0.15, -0.1) is 6.42 Å². The van der Waals surface area contributed by atoms with E-state index >= 15 is 0 Å². The van der Waals surface area contributed by atoms with Gasteiger partial charge in [-0.3, -0.25) is 0 Å². The fraction of sp³-hybridized carbons (Fsp3) is 0.714. The SMILES string of the molecule is [CH2-]CC1OCCCO1.[CH3-].[Mg+2]. The van der Waals surface area contributed by atoms with Gasteiger partial charge in [0.25, 0.3) is 0 Å². The van der Waals surface area contributed by atoms with Gasteiger partial charge >= 0.3 is 23.1 Å². The van der Waals surface area contributed by atoms with E-state index in [0.29, 0.717) is 0 Å². The molecule has 0 aliphatic carbocycles. The fourth-order valence-electron chi connectivity index (χ4n) is 0.703. The van der Waals surface area contributed by atoms with E-state index in [4.69, 9.17) is 9.47 Å². The van der Waals surface area contributed by atoms with E-state index in [9.17, 15) is 0 Å². The second-order valence-electron chi connectivity index (χ2n) is 1.81. The third-order valence-electron chi connectivity index (χ3n) is 1.13. The van der Waals surface area contributed by atoms with Crippen molar-refractivity contribution in [3.63, 3.8) is 0 Å². The Hall–Kier alpha value is 0.686. The van der Waals surface area contributed by atoms with Gasteiger partial charge in [-0.05, 0) is 6.42 Å². The Morgan fingerprint density at radius 1 is 1.30 bits per heavy atom. The third kappa shape index (κ3) is 4.49. The first-order chi connectivity index (χ1) is 3.93. The van der Waals surface area contributed by atoms with Crippen molar-refractivity contribution in [2.45, 2.75) is 19.1 Å². The molecule has 10 heavy (non-hydrogen) atoms. The van der Waals surface area contributed by atoms with Gasteiger partial charge in [0.15, 0.2) is 0 Å². The van der Waals surface area contributed by atoms with Crippen LogP contribution in [0.1, 0.15) is 12.8 Å². The molecular weight excluding hydrogens is 140 g/mol. The summed E-state index contributed by atoms with van der Waals surface area (Å²) < 4.78 is 10.3. The molecule has 1 heterocycles. The van der Waals surface area contributed by atoms with Crippen LogP contribution in [0.15, 0.2) is 0 Å². The largest absolute Gasteiger partial charge is 2.00 e. The van der Waals surface area contributed by atoms with Crippen molar-refractivity contribution in [2.75, 3.05) is 13.2 Å². The number of ether oxygens (including phenoxy) is 2. The van der Waals surface area contributed by atoms with Crippen LogP contribution in [0.2, 0.25) is 0 Å². The Morgan fingerprint density at radius 2 is 1.80 bits per heavy atom. The predicted octanol–water partition coefficient (Wildman–Crippen LogP) is 1.04. The van der Waals surface area contributed by atoms with Gasteiger partial charge in [-0.1, -0.05) is 0 Å². The van der Waals surface area contributed by atoms with Crippen molar-refractivity contribution in [3.05, 3.63) is 14.4 Å². The van der Waals surface area contributed by atoms with Crippen molar-refractivity contribution in [2.24, 2.45) is 0 Å². The molecule has 0 saturated carbocycles. The van der Waals surface area contributed by atoms with Crippen LogP contribution in [-0.4, -0.2) is 42.6 Å². The number of hydrogen-bond donors (Lipinski definition) is 0.